The van der Waals surface area contributed by atoms with Gasteiger partial charge in [0.15, 0.2) is 5.76 Å². The number of hydrogen-bond donors (Lipinski definition) is 1. The fraction of sp³-hybridized carbons (Fsp3) is 0.130. The zero-order valence-electron chi connectivity index (χ0n) is 16.6. The van der Waals surface area contributed by atoms with Gasteiger partial charge in [-0.05, 0) is 55.8 Å². The summed E-state index contributed by atoms with van der Waals surface area (Å²) >= 11 is 1.18. The Morgan fingerprint density at radius 2 is 1.81 bits per heavy atom. The number of ketones is 1. The highest BCUT2D eigenvalue weighted by atomic mass is 32.1. The Bertz CT molecular complexity index is 1270. The second-order valence-electron chi connectivity index (χ2n) is 7.03. The molecule has 2 heterocycles. The lowest BCUT2D eigenvalue weighted by atomic mass is 9.94. The van der Waals surface area contributed by atoms with Crippen molar-refractivity contribution >= 4 is 28.7 Å². The number of rotatable bonds is 4. The lowest BCUT2D eigenvalue weighted by molar-refractivity contribution is -0.117. The molecule has 31 heavy (non-hydrogen) atoms. The third-order valence-corrected chi connectivity index (χ3v) is 6.09. The quantitative estimate of drug-likeness (QED) is 0.609. The molecular weight excluding hydrogens is 417 g/mol. The number of anilines is 1. The predicted octanol–water partition coefficient (Wildman–Crippen LogP) is 4.55. The maximum absolute atomic E-state index is 13.6. The van der Waals surface area contributed by atoms with Gasteiger partial charge in [0.25, 0.3) is 5.91 Å². The van der Waals surface area contributed by atoms with Crippen molar-refractivity contribution in [2.75, 3.05) is 4.90 Å². The maximum atomic E-state index is 13.6. The Morgan fingerprint density at radius 1 is 1.16 bits per heavy atom. The van der Waals surface area contributed by atoms with Crippen LogP contribution in [-0.2, 0) is 4.79 Å². The van der Waals surface area contributed by atoms with E-state index >= 15 is 0 Å². The highest BCUT2D eigenvalue weighted by Gasteiger charge is 2.45. The number of carbonyl (C=O) groups is 2. The van der Waals surface area contributed by atoms with Gasteiger partial charge in [-0.1, -0.05) is 12.1 Å². The van der Waals surface area contributed by atoms with Crippen molar-refractivity contribution < 1.29 is 19.1 Å². The minimum Gasteiger partial charge on any atom is -0.503 e. The van der Waals surface area contributed by atoms with E-state index < -0.39 is 29.3 Å². The van der Waals surface area contributed by atoms with Crippen LogP contribution in [0.3, 0.4) is 0 Å². The molecule has 1 atom stereocenters. The van der Waals surface area contributed by atoms with Gasteiger partial charge in [0, 0.05) is 5.69 Å². The molecule has 0 aliphatic carbocycles. The molecule has 1 N–H and O–H groups in total. The van der Waals surface area contributed by atoms with Gasteiger partial charge in [-0.2, -0.15) is 5.26 Å². The summed E-state index contributed by atoms with van der Waals surface area (Å²) in [5.74, 6) is -2.37. The van der Waals surface area contributed by atoms with Crippen LogP contribution in [0, 0.1) is 31.0 Å². The van der Waals surface area contributed by atoms with E-state index in [1.165, 1.54) is 52.6 Å². The Morgan fingerprint density at radius 3 is 2.35 bits per heavy atom. The Hall–Kier alpha value is -3.83. The molecule has 0 bridgehead atoms. The van der Waals surface area contributed by atoms with Crippen LogP contribution in [0.25, 0.3) is 0 Å². The smallest absolute Gasteiger partial charge is 0.294 e. The number of hydrogen-bond acceptors (Lipinski definition) is 6. The molecule has 8 heteroatoms. The number of thiazole rings is 1. The zero-order chi connectivity index (χ0) is 22.3. The van der Waals surface area contributed by atoms with Gasteiger partial charge in [-0.15, -0.1) is 11.3 Å². The average Bonchev–Trinajstić information content (AvgIpc) is 3.24. The summed E-state index contributed by atoms with van der Waals surface area (Å²) in [5.41, 5.74) is 1.68. The summed E-state index contributed by atoms with van der Waals surface area (Å²) in [6, 6.07) is 12.7. The first-order valence-corrected chi connectivity index (χ1v) is 10.1. The van der Waals surface area contributed by atoms with Crippen LogP contribution in [0.5, 0.6) is 0 Å². The van der Waals surface area contributed by atoms with E-state index in [-0.39, 0.29) is 5.57 Å². The number of amides is 1. The van der Waals surface area contributed by atoms with Crippen molar-refractivity contribution in [2.24, 2.45) is 0 Å². The third kappa shape index (κ3) is 3.49. The van der Waals surface area contributed by atoms with Gasteiger partial charge in [0.05, 0.1) is 38.8 Å². The van der Waals surface area contributed by atoms with Crippen molar-refractivity contribution in [2.45, 2.75) is 19.9 Å². The number of carbonyl (C=O) groups excluding carboxylic acids is 2. The molecule has 1 unspecified atom stereocenters. The van der Waals surface area contributed by atoms with E-state index in [1.807, 2.05) is 6.07 Å². The molecular formula is C23H16FN3O3S. The van der Waals surface area contributed by atoms with E-state index in [0.717, 1.165) is 0 Å². The van der Waals surface area contributed by atoms with Gasteiger partial charge in [0.1, 0.15) is 5.82 Å². The van der Waals surface area contributed by atoms with Crippen molar-refractivity contribution in [1.82, 2.24) is 4.98 Å². The van der Waals surface area contributed by atoms with Crippen LogP contribution in [0.4, 0.5) is 10.1 Å². The Labute approximate surface area is 181 Å². The Kier molecular flexibility index (Phi) is 5.13. The molecule has 1 aromatic heterocycles. The SMILES string of the molecule is Cc1nc(C)c(C(=O)C2=C(O)C(=O)N(c3ccc(C#N)cc3)C2c2ccc(F)cc2)s1. The minimum absolute atomic E-state index is 0.0901. The molecule has 0 spiro atoms. The molecule has 1 aliphatic heterocycles. The fourth-order valence-corrected chi connectivity index (χ4v) is 4.50. The van der Waals surface area contributed by atoms with Crippen LogP contribution in [0.15, 0.2) is 59.9 Å². The standard InChI is InChI=1S/C23H16FN3O3S/c1-12-22(31-13(2)26-12)20(28)18-19(15-5-7-16(24)8-6-15)27(23(30)21(18)29)17-9-3-14(11-25)4-10-17/h3-10,19,29H,1-2H3. The van der Waals surface area contributed by atoms with Crippen molar-refractivity contribution in [3.63, 3.8) is 0 Å². The first-order chi connectivity index (χ1) is 14.8. The number of halogens is 1. The lowest BCUT2D eigenvalue weighted by Gasteiger charge is -2.27. The van der Waals surface area contributed by atoms with Crippen LogP contribution in [0.1, 0.15) is 37.5 Å². The molecule has 1 aliphatic rings. The number of nitrogens with zero attached hydrogens (tertiary/aromatic N) is 3. The first kappa shape index (κ1) is 20.4. The number of aliphatic hydroxyl groups is 1. The van der Waals surface area contributed by atoms with E-state index in [2.05, 4.69) is 4.98 Å². The Balaban J connectivity index is 1.88. The fourth-order valence-electron chi connectivity index (χ4n) is 3.62. The van der Waals surface area contributed by atoms with E-state index in [0.29, 0.717) is 32.4 Å². The molecule has 2 aromatic carbocycles. The molecule has 0 saturated carbocycles. The summed E-state index contributed by atoms with van der Waals surface area (Å²) in [5, 5.41) is 20.5. The molecule has 4 rings (SSSR count). The normalized spacial score (nSPS) is 16.0. The predicted molar refractivity (Wildman–Crippen MR) is 113 cm³/mol. The number of Topliss-reactive ketones (excluding diaryl/α,β-unsaturated/α-hetero) is 1. The molecule has 6 nitrogen and oxygen atoms in total. The first-order valence-electron chi connectivity index (χ1n) is 9.33. The summed E-state index contributed by atoms with van der Waals surface area (Å²) in [4.78, 5) is 32.4. The van der Waals surface area contributed by atoms with Crippen molar-refractivity contribution in [1.29, 1.82) is 5.26 Å². The number of nitriles is 1. The second kappa shape index (κ2) is 7.78. The number of benzene rings is 2. The largest absolute Gasteiger partial charge is 0.503 e. The van der Waals surface area contributed by atoms with E-state index in [4.69, 9.17) is 5.26 Å². The molecule has 154 valence electrons. The molecule has 1 amide bonds. The second-order valence-corrected chi connectivity index (χ2v) is 8.23. The molecule has 0 radical (unpaired) electrons. The average molecular weight is 433 g/mol. The molecule has 0 saturated heterocycles. The molecule has 3 aromatic rings. The molecule has 0 fully saturated rings. The van der Waals surface area contributed by atoms with Gasteiger partial charge in [-0.25, -0.2) is 9.37 Å². The van der Waals surface area contributed by atoms with Crippen LogP contribution in [0.2, 0.25) is 0 Å². The highest BCUT2D eigenvalue weighted by molar-refractivity contribution is 7.14. The summed E-state index contributed by atoms with van der Waals surface area (Å²) < 4.78 is 13.6. The van der Waals surface area contributed by atoms with E-state index in [1.54, 1.807) is 26.0 Å². The maximum Gasteiger partial charge on any atom is 0.294 e. The van der Waals surface area contributed by atoms with Crippen LogP contribution < -0.4 is 4.90 Å². The topological polar surface area (TPSA) is 94.3 Å². The number of aliphatic hydroxyl groups excluding tert-OH is 1. The van der Waals surface area contributed by atoms with Crippen molar-refractivity contribution in [3.05, 3.63) is 92.4 Å². The number of aryl methyl sites for hydroxylation is 2. The van der Waals surface area contributed by atoms with Crippen LogP contribution >= 0.6 is 11.3 Å². The van der Waals surface area contributed by atoms with E-state index in [9.17, 15) is 19.1 Å². The van der Waals surface area contributed by atoms with Gasteiger partial charge >= 0.3 is 0 Å². The monoisotopic (exact) mass is 433 g/mol. The van der Waals surface area contributed by atoms with Gasteiger partial charge < -0.3 is 5.11 Å². The summed E-state index contributed by atoms with van der Waals surface area (Å²) in [6.07, 6.45) is 0. The highest BCUT2D eigenvalue weighted by Crippen LogP contribution is 2.42. The summed E-state index contributed by atoms with van der Waals surface area (Å²) in [6.45, 7) is 3.46. The summed E-state index contributed by atoms with van der Waals surface area (Å²) in [7, 11) is 0. The number of aromatic nitrogens is 1. The van der Waals surface area contributed by atoms with Gasteiger partial charge in [0.2, 0.25) is 5.78 Å². The van der Waals surface area contributed by atoms with Crippen molar-refractivity contribution in [3.8, 4) is 6.07 Å². The zero-order valence-corrected chi connectivity index (χ0v) is 17.4. The van der Waals surface area contributed by atoms with Gasteiger partial charge in [-0.3, -0.25) is 14.5 Å². The minimum atomic E-state index is -0.963. The lowest BCUT2D eigenvalue weighted by Crippen LogP contribution is -2.31. The van der Waals surface area contributed by atoms with Crippen LogP contribution in [-0.4, -0.2) is 21.8 Å². The third-order valence-electron chi connectivity index (χ3n) is 5.02.